The summed E-state index contributed by atoms with van der Waals surface area (Å²) in [6.45, 7) is 17.3. The lowest BCUT2D eigenvalue weighted by Crippen LogP contribution is -2.45. The van der Waals surface area contributed by atoms with Gasteiger partial charge in [-0.25, -0.2) is 0 Å². The summed E-state index contributed by atoms with van der Waals surface area (Å²) in [7, 11) is 0. The minimum Gasteiger partial charge on any atom is -0.330 e. The molecule has 0 rings (SSSR count). The van der Waals surface area contributed by atoms with E-state index in [1.807, 2.05) is 0 Å². The molecule has 8 N–H and O–H groups in total. The van der Waals surface area contributed by atoms with E-state index in [2.05, 4.69) is 43.2 Å². The highest BCUT2D eigenvalue weighted by Crippen LogP contribution is 2.17. The van der Waals surface area contributed by atoms with Crippen molar-refractivity contribution in [2.45, 2.75) is 53.0 Å². The van der Waals surface area contributed by atoms with Crippen LogP contribution < -0.4 is 27.8 Å². The van der Waals surface area contributed by atoms with E-state index in [0.717, 1.165) is 58.7 Å². The number of rotatable bonds is 17. The van der Waals surface area contributed by atoms with Gasteiger partial charge in [0.25, 0.3) is 0 Å². The fourth-order valence-corrected chi connectivity index (χ4v) is 2.88. The third-order valence-electron chi connectivity index (χ3n) is 4.92. The first-order valence-electron chi connectivity index (χ1n) is 10.1. The van der Waals surface area contributed by atoms with Gasteiger partial charge in [0.05, 0.1) is 0 Å². The zero-order valence-corrected chi connectivity index (χ0v) is 17.3. The number of hydrogen-bond acceptors (Lipinski definition) is 6. The lowest BCUT2D eigenvalue weighted by Gasteiger charge is -2.28. The Labute approximate surface area is 156 Å². The van der Waals surface area contributed by atoms with E-state index in [1.54, 1.807) is 0 Å². The smallest absolute Gasteiger partial charge is 0.0193 e. The largest absolute Gasteiger partial charge is 0.330 e. The topological polar surface area (TPSA) is 105 Å². The molecule has 0 aliphatic heterocycles. The molecule has 0 radical (unpaired) electrons. The first kappa shape index (κ1) is 24.8. The lowest BCUT2D eigenvalue weighted by molar-refractivity contribution is 0.240. The van der Waals surface area contributed by atoms with Gasteiger partial charge in [0, 0.05) is 51.9 Å². The Morgan fingerprint density at radius 3 is 2.16 bits per heavy atom. The molecule has 1 unspecified atom stereocenters. The molecule has 0 heterocycles. The quantitative estimate of drug-likeness (QED) is 0.260. The van der Waals surface area contributed by atoms with Crippen molar-refractivity contribution in [3.8, 4) is 0 Å². The minimum atomic E-state index is 0.358. The third kappa shape index (κ3) is 13.6. The van der Waals surface area contributed by atoms with Gasteiger partial charge in [-0.2, -0.15) is 0 Å². The lowest BCUT2D eigenvalue weighted by atomic mass is 9.90. The Bertz CT molecular complexity index is 292. The van der Waals surface area contributed by atoms with Gasteiger partial charge in [0.15, 0.2) is 0 Å². The summed E-state index contributed by atoms with van der Waals surface area (Å²) >= 11 is 0. The highest BCUT2D eigenvalue weighted by Gasteiger charge is 2.16. The van der Waals surface area contributed by atoms with Crippen LogP contribution >= 0.6 is 0 Å². The Balaban J connectivity index is 4.26. The van der Waals surface area contributed by atoms with Crippen LogP contribution in [0.2, 0.25) is 0 Å². The zero-order valence-electron chi connectivity index (χ0n) is 17.3. The predicted molar refractivity (Wildman–Crippen MR) is 111 cm³/mol. The van der Waals surface area contributed by atoms with Crippen LogP contribution in [0.3, 0.4) is 0 Å². The van der Waals surface area contributed by atoms with Gasteiger partial charge in [-0.15, -0.1) is 0 Å². The molecule has 0 aromatic carbocycles. The van der Waals surface area contributed by atoms with Crippen LogP contribution in [0.4, 0.5) is 0 Å². The summed E-state index contributed by atoms with van der Waals surface area (Å²) in [6.07, 6.45) is 3.38. The summed E-state index contributed by atoms with van der Waals surface area (Å²) < 4.78 is 0. The molecule has 0 spiro atoms. The minimum absolute atomic E-state index is 0.358. The van der Waals surface area contributed by atoms with Gasteiger partial charge in [-0.3, -0.25) is 0 Å². The highest BCUT2D eigenvalue weighted by atomic mass is 15.1. The molecule has 2 atom stereocenters. The second-order valence-electron chi connectivity index (χ2n) is 8.17. The van der Waals surface area contributed by atoms with Gasteiger partial charge in [0.1, 0.15) is 0 Å². The molecule has 0 bridgehead atoms. The average Bonchev–Trinajstić information content (AvgIpc) is 2.57. The number of nitrogens with one attached hydrogen (secondary N) is 2. The molecule has 0 fully saturated rings. The molecule has 0 amide bonds. The summed E-state index contributed by atoms with van der Waals surface area (Å²) in [5.74, 6) is 0.575. The number of nitrogens with zero attached hydrogens (tertiary/aromatic N) is 1. The van der Waals surface area contributed by atoms with E-state index in [9.17, 15) is 0 Å². The molecule has 152 valence electrons. The van der Waals surface area contributed by atoms with Crippen molar-refractivity contribution in [2.75, 3.05) is 58.9 Å². The Hall–Kier alpha value is -0.240. The molecule has 0 saturated heterocycles. The predicted octanol–water partition coefficient (Wildman–Crippen LogP) is 0.565. The molecular formula is C19H46N6. The van der Waals surface area contributed by atoms with E-state index < -0.39 is 0 Å². The van der Waals surface area contributed by atoms with E-state index in [-0.39, 0.29) is 0 Å². The van der Waals surface area contributed by atoms with Crippen molar-refractivity contribution in [2.24, 2.45) is 28.5 Å². The van der Waals surface area contributed by atoms with Gasteiger partial charge < -0.3 is 32.7 Å². The molecule has 0 aromatic rings. The van der Waals surface area contributed by atoms with Crippen LogP contribution in [0.5, 0.6) is 0 Å². The van der Waals surface area contributed by atoms with E-state index in [1.165, 1.54) is 6.42 Å². The van der Waals surface area contributed by atoms with Crippen LogP contribution in [-0.2, 0) is 0 Å². The molecule has 0 aromatic heterocycles. The fraction of sp³-hybridized carbons (Fsp3) is 1.00. The first-order valence-corrected chi connectivity index (χ1v) is 10.1. The molecule has 25 heavy (non-hydrogen) atoms. The molecule has 0 aliphatic rings. The molecule has 0 saturated carbocycles. The van der Waals surface area contributed by atoms with Crippen molar-refractivity contribution in [1.82, 2.24) is 15.5 Å². The van der Waals surface area contributed by atoms with Gasteiger partial charge >= 0.3 is 0 Å². The van der Waals surface area contributed by atoms with Gasteiger partial charge in [-0.05, 0) is 43.7 Å². The normalized spacial score (nSPS) is 14.9. The van der Waals surface area contributed by atoms with Crippen LogP contribution in [0.15, 0.2) is 0 Å². The number of hydrogen-bond donors (Lipinski definition) is 5. The van der Waals surface area contributed by atoms with Crippen molar-refractivity contribution in [1.29, 1.82) is 0 Å². The molecule has 6 nitrogen and oxygen atoms in total. The van der Waals surface area contributed by atoms with Crippen molar-refractivity contribution in [3.63, 3.8) is 0 Å². The number of nitrogens with two attached hydrogens (primary N) is 3. The van der Waals surface area contributed by atoms with E-state index >= 15 is 0 Å². The second-order valence-corrected chi connectivity index (χ2v) is 8.17. The van der Waals surface area contributed by atoms with Crippen LogP contribution in [0.1, 0.15) is 47.0 Å². The monoisotopic (exact) mass is 358 g/mol. The van der Waals surface area contributed by atoms with E-state index in [0.29, 0.717) is 30.5 Å². The summed E-state index contributed by atoms with van der Waals surface area (Å²) in [4.78, 5) is 2.36. The SMILES string of the molecule is CCC(C)(C)CNC[C@H](CCCN)NCC(C)CN(CCN)CCN. The molecule has 6 heteroatoms. The second kappa shape index (κ2) is 14.9. The van der Waals surface area contributed by atoms with Crippen LogP contribution in [0, 0.1) is 11.3 Å². The summed E-state index contributed by atoms with van der Waals surface area (Å²) in [5, 5.41) is 7.38. The highest BCUT2D eigenvalue weighted by molar-refractivity contribution is 4.76. The van der Waals surface area contributed by atoms with Gasteiger partial charge in [-0.1, -0.05) is 27.7 Å². The maximum atomic E-state index is 5.71. The summed E-state index contributed by atoms with van der Waals surface area (Å²) in [6, 6.07) is 0.483. The fourth-order valence-electron chi connectivity index (χ4n) is 2.88. The molecule has 0 aliphatic carbocycles. The van der Waals surface area contributed by atoms with E-state index in [4.69, 9.17) is 17.2 Å². The molecular weight excluding hydrogens is 312 g/mol. The maximum absolute atomic E-state index is 5.71. The van der Waals surface area contributed by atoms with Gasteiger partial charge in [0.2, 0.25) is 0 Å². The third-order valence-corrected chi connectivity index (χ3v) is 4.92. The van der Waals surface area contributed by atoms with Crippen molar-refractivity contribution in [3.05, 3.63) is 0 Å². The summed E-state index contributed by atoms with van der Waals surface area (Å²) in [5.41, 5.74) is 17.5. The standard InChI is InChI=1S/C19H46N6/c1-5-19(3,4)16-23-14-18(7-6-8-20)24-13-17(2)15-25(11-9-21)12-10-22/h17-18,23-24H,5-16,20-22H2,1-4H3/t17?,18-/m0/s1. The first-order chi connectivity index (χ1) is 11.9. The zero-order chi connectivity index (χ0) is 19.1. The Morgan fingerprint density at radius 2 is 1.64 bits per heavy atom. The average molecular weight is 359 g/mol. The van der Waals surface area contributed by atoms with Crippen LogP contribution in [-0.4, -0.2) is 69.8 Å². The Kier molecular flexibility index (Phi) is 14.7. The maximum Gasteiger partial charge on any atom is 0.0193 e. The van der Waals surface area contributed by atoms with Crippen molar-refractivity contribution >= 4 is 0 Å². The van der Waals surface area contributed by atoms with Crippen LogP contribution in [0.25, 0.3) is 0 Å². The van der Waals surface area contributed by atoms with Crippen molar-refractivity contribution < 1.29 is 0 Å². The Morgan fingerprint density at radius 1 is 1.00 bits per heavy atom.